The molecule has 152 valence electrons. The van der Waals surface area contributed by atoms with E-state index in [-0.39, 0.29) is 12.0 Å². The average molecular weight is 405 g/mol. The second kappa shape index (κ2) is 8.35. The molecule has 6 nitrogen and oxygen atoms in total. The van der Waals surface area contributed by atoms with Crippen molar-refractivity contribution >= 4 is 22.0 Å². The summed E-state index contributed by atoms with van der Waals surface area (Å²) >= 11 is 0. The van der Waals surface area contributed by atoms with Crippen LogP contribution in [0.5, 0.6) is 0 Å². The molecule has 1 unspecified atom stereocenters. The maximum absolute atomic E-state index is 13.0. The molecule has 1 N–H and O–H groups in total. The number of rotatable bonds is 5. The first kappa shape index (κ1) is 19.6. The van der Waals surface area contributed by atoms with Gasteiger partial charge in [-0.05, 0) is 55.0 Å². The Morgan fingerprint density at radius 3 is 2.64 bits per heavy atom. The molecular formula is C21H28N2O4S. The fraction of sp³-hybridized carbons (Fsp3) is 0.571. The minimum absolute atomic E-state index is 0.0939. The standard InChI is InChI=1S/C21H28N2O4S/c24-21(22-15-19-6-5-11-27-19)18-12-16-7-8-20(14-17(16)13-18)28(25,26)23-9-3-1-2-4-10-23/h7-8,13-14,19H,1-6,9-12,15H2,(H,22,24). The number of fused-ring (bicyclic) bond motifs is 1. The predicted octanol–water partition coefficient (Wildman–Crippen LogP) is 2.49. The summed E-state index contributed by atoms with van der Waals surface area (Å²) in [6.45, 7) is 2.47. The summed E-state index contributed by atoms with van der Waals surface area (Å²) in [4.78, 5) is 12.8. The molecule has 1 aromatic rings. The summed E-state index contributed by atoms with van der Waals surface area (Å²) in [5.41, 5.74) is 2.51. The predicted molar refractivity (Wildman–Crippen MR) is 107 cm³/mol. The van der Waals surface area contributed by atoms with Gasteiger partial charge in [0, 0.05) is 38.2 Å². The molecule has 2 saturated heterocycles. The Hall–Kier alpha value is -1.70. The second-order valence-electron chi connectivity index (χ2n) is 7.87. The molecule has 2 heterocycles. The van der Waals surface area contributed by atoms with Crippen LogP contribution in [0.4, 0.5) is 0 Å². The minimum atomic E-state index is -3.48. The number of nitrogens with one attached hydrogen (secondary N) is 1. The van der Waals surface area contributed by atoms with Crippen LogP contribution in [-0.2, 0) is 26.0 Å². The van der Waals surface area contributed by atoms with Crippen molar-refractivity contribution in [2.24, 2.45) is 0 Å². The van der Waals surface area contributed by atoms with Gasteiger partial charge in [-0.1, -0.05) is 18.9 Å². The minimum Gasteiger partial charge on any atom is -0.376 e. The van der Waals surface area contributed by atoms with Gasteiger partial charge in [0.15, 0.2) is 0 Å². The van der Waals surface area contributed by atoms with E-state index in [1.807, 2.05) is 12.1 Å². The van der Waals surface area contributed by atoms with Gasteiger partial charge in [0.2, 0.25) is 15.9 Å². The molecule has 1 aromatic carbocycles. The third-order valence-electron chi connectivity index (χ3n) is 5.84. The Morgan fingerprint density at radius 2 is 1.93 bits per heavy atom. The van der Waals surface area contributed by atoms with Gasteiger partial charge < -0.3 is 10.1 Å². The normalized spacial score (nSPS) is 23.1. The topological polar surface area (TPSA) is 75.7 Å². The van der Waals surface area contributed by atoms with Crippen LogP contribution in [0.15, 0.2) is 28.7 Å². The Balaban J connectivity index is 1.46. The summed E-state index contributed by atoms with van der Waals surface area (Å²) in [7, 11) is -3.48. The molecule has 3 aliphatic rings. The number of sulfonamides is 1. The number of amides is 1. The third kappa shape index (κ3) is 4.16. The highest BCUT2D eigenvalue weighted by Crippen LogP contribution is 2.29. The lowest BCUT2D eigenvalue weighted by Gasteiger charge is -2.20. The van der Waals surface area contributed by atoms with Crippen molar-refractivity contribution in [2.75, 3.05) is 26.2 Å². The van der Waals surface area contributed by atoms with Crippen LogP contribution < -0.4 is 5.32 Å². The van der Waals surface area contributed by atoms with E-state index in [1.54, 1.807) is 16.4 Å². The smallest absolute Gasteiger partial charge is 0.247 e. The second-order valence-corrected chi connectivity index (χ2v) is 9.81. The molecule has 28 heavy (non-hydrogen) atoms. The van der Waals surface area contributed by atoms with Gasteiger partial charge in [0.25, 0.3) is 0 Å². The molecule has 0 bridgehead atoms. The Bertz CT molecular complexity index is 864. The molecule has 1 amide bonds. The Morgan fingerprint density at radius 1 is 1.14 bits per heavy atom. The summed E-state index contributed by atoms with van der Waals surface area (Å²) in [6, 6.07) is 5.24. The van der Waals surface area contributed by atoms with E-state index in [4.69, 9.17) is 4.74 Å². The molecular weight excluding hydrogens is 376 g/mol. The number of ether oxygens (including phenoxy) is 1. The first-order valence-corrected chi connectivity index (χ1v) is 11.7. The van der Waals surface area contributed by atoms with E-state index >= 15 is 0 Å². The van der Waals surface area contributed by atoms with Crippen LogP contribution >= 0.6 is 0 Å². The Labute approximate surface area is 167 Å². The zero-order valence-corrected chi connectivity index (χ0v) is 17.0. The van der Waals surface area contributed by atoms with E-state index < -0.39 is 10.0 Å². The highest BCUT2D eigenvalue weighted by Gasteiger charge is 2.27. The molecule has 2 fully saturated rings. The van der Waals surface area contributed by atoms with E-state index in [9.17, 15) is 13.2 Å². The van der Waals surface area contributed by atoms with Crippen LogP contribution in [0.25, 0.3) is 6.08 Å². The molecule has 4 rings (SSSR count). The largest absolute Gasteiger partial charge is 0.376 e. The van der Waals surface area contributed by atoms with Crippen molar-refractivity contribution in [2.45, 2.75) is 55.9 Å². The summed E-state index contributed by atoms with van der Waals surface area (Å²) in [6.07, 6.45) is 8.50. The van der Waals surface area contributed by atoms with Gasteiger partial charge in [0.1, 0.15) is 0 Å². The molecule has 0 saturated carbocycles. The number of nitrogens with zero attached hydrogens (tertiary/aromatic N) is 1. The number of benzene rings is 1. The number of hydrogen-bond acceptors (Lipinski definition) is 4. The maximum Gasteiger partial charge on any atom is 0.247 e. The van der Waals surface area contributed by atoms with Crippen LogP contribution in [0.3, 0.4) is 0 Å². The summed E-state index contributed by atoms with van der Waals surface area (Å²) in [5.74, 6) is -0.0939. The maximum atomic E-state index is 13.0. The van der Waals surface area contributed by atoms with E-state index in [1.165, 1.54) is 0 Å². The molecule has 0 spiro atoms. The van der Waals surface area contributed by atoms with Crippen molar-refractivity contribution in [3.8, 4) is 0 Å². The zero-order valence-electron chi connectivity index (χ0n) is 16.2. The van der Waals surface area contributed by atoms with E-state index in [0.717, 1.165) is 56.3 Å². The molecule has 0 aromatic heterocycles. The molecule has 1 atom stereocenters. The van der Waals surface area contributed by atoms with Crippen molar-refractivity contribution in [1.29, 1.82) is 0 Å². The van der Waals surface area contributed by atoms with Crippen molar-refractivity contribution in [3.05, 3.63) is 34.9 Å². The van der Waals surface area contributed by atoms with Gasteiger partial charge >= 0.3 is 0 Å². The van der Waals surface area contributed by atoms with Crippen LogP contribution in [-0.4, -0.2) is 51.0 Å². The number of carbonyl (C=O) groups is 1. The van der Waals surface area contributed by atoms with E-state index in [0.29, 0.717) is 36.5 Å². The first-order chi connectivity index (χ1) is 13.5. The molecule has 7 heteroatoms. The van der Waals surface area contributed by atoms with Crippen molar-refractivity contribution in [3.63, 3.8) is 0 Å². The fourth-order valence-electron chi connectivity index (χ4n) is 4.18. The van der Waals surface area contributed by atoms with Gasteiger partial charge in [-0.25, -0.2) is 8.42 Å². The Kier molecular flexibility index (Phi) is 5.85. The summed E-state index contributed by atoms with van der Waals surface area (Å²) < 4.78 is 33.2. The van der Waals surface area contributed by atoms with Crippen molar-refractivity contribution in [1.82, 2.24) is 9.62 Å². The summed E-state index contributed by atoms with van der Waals surface area (Å²) in [5, 5.41) is 2.95. The number of carbonyl (C=O) groups excluding carboxylic acids is 1. The van der Waals surface area contributed by atoms with E-state index in [2.05, 4.69) is 5.32 Å². The van der Waals surface area contributed by atoms with Crippen LogP contribution in [0.1, 0.15) is 49.7 Å². The number of hydrogen-bond donors (Lipinski definition) is 1. The van der Waals surface area contributed by atoms with Gasteiger partial charge in [-0.2, -0.15) is 4.31 Å². The first-order valence-electron chi connectivity index (χ1n) is 10.3. The van der Waals surface area contributed by atoms with Crippen LogP contribution in [0.2, 0.25) is 0 Å². The highest BCUT2D eigenvalue weighted by molar-refractivity contribution is 7.89. The molecule has 0 radical (unpaired) electrons. The van der Waals surface area contributed by atoms with Gasteiger partial charge in [0.05, 0.1) is 11.0 Å². The lowest BCUT2D eigenvalue weighted by atomic mass is 10.1. The van der Waals surface area contributed by atoms with Crippen molar-refractivity contribution < 1.29 is 17.9 Å². The lowest BCUT2D eigenvalue weighted by molar-refractivity contribution is -0.118. The van der Waals surface area contributed by atoms with Gasteiger partial charge in [-0.3, -0.25) is 4.79 Å². The SMILES string of the molecule is O=C(NCC1CCCO1)C1=Cc2cc(S(=O)(=O)N3CCCCCC3)ccc2C1. The quantitative estimate of drug-likeness (QED) is 0.818. The fourth-order valence-corrected chi connectivity index (χ4v) is 5.73. The average Bonchev–Trinajstić information content (AvgIpc) is 3.28. The zero-order chi connectivity index (χ0) is 19.6. The molecule has 2 aliphatic heterocycles. The third-order valence-corrected chi connectivity index (χ3v) is 7.73. The van der Waals surface area contributed by atoms with Gasteiger partial charge in [-0.15, -0.1) is 0 Å². The van der Waals surface area contributed by atoms with Crippen LogP contribution in [0, 0.1) is 0 Å². The lowest BCUT2D eigenvalue weighted by Crippen LogP contribution is -2.32. The molecule has 1 aliphatic carbocycles. The monoisotopic (exact) mass is 404 g/mol. The highest BCUT2D eigenvalue weighted by atomic mass is 32.2.